The molecule has 0 spiro atoms. The summed E-state index contributed by atoms with van der Waals surface area (Å²) >= 11 is 0. The maximum atomic E-state index is 2.45. The zero-order chi connectivity index (χ0) is 39.8. The highest BCUT2D eigenvalue weighted by Crippen LogP contribution is 2.47. The van der Waals surface area contributed by atoms with Crippen molar-refractivity contribution in [3.8, 4) is 50.2 Å². The summed E-state index contributed by atoms with van der Waals surface area (Å²) in [4.78, 5) is 2.45. The highest BCUT2D eigenvalue weighted by Gasteiger charge is 2.23. The first-order valence-corrected chi connectivity index (χ1v) is 20.6. The molecular formula is C58H40N2. The Hall–Kier alpha value is -7.94. The fraction of sp³-hybridized carbons (Fsp3) is 0. The van der Waals surface area contributed by atoms with Crippen molar-refractivity contribution in [2.45, 2.75) is 0 Å². The van der Waals surface area contributed by atoms with Gasteiger partial charge in [-0.15, -0.1) is 0 Å². The topological polar surface area (TPSA) is 8.17 Å². The van der Waals surface area contributed by atoms with Gasteiger partial charge >= 0.3 is 0 Å². The molecule has 0 unspecified atom stereocenters. The summed E-state index contributed by atoms with van der Waals surface area (Å²) in [5, 5.41) is 4.93. The monoisotopic (exact) mass is 764 g/mol. The van der Waals surface area contributed by atoms with E-state index >= 15 is 0 Å². The smallest absolute Gasteiger partial charge is 0.0547 e. The fourth-order valence-corrected chi connectivity index (χ4v) is 8.96. The van der Waals surface area contributed by atoms with Crippen molar-refractivity contribution in [3.05, 3.63) is 243 Å². The van der Waals surface area contributed by atoms with Crippen molar-refractivity contribution in [1.82, 2.24) is 4.57 Å². The number of para-hydroxylation sites is 3. The summed E-state index contributed by atoms with van der Waals surface area (Å²) in [6, 6.07) is 87.9. The normalized spacial score (nSPS) is 11.3. The van der Waals surface area contributed by atoms with Crippen LogP contribution < -0.4 is 4.90 Å². The molecule has 0 saturated heterocycles. The van der Waals surface area contributed by atoms with Crippen LogP contribution in [-0.4, -0.2) is 4.57 Å². The van der Waals surface area contributed by atoms with Crippen molar-refractivity contribution in [2.24, 2.45) is 0 Å². The molecular weight excluding hydrogens is 725 g/mol. The van der Waals surface area contributed by atoms with E-state index in [0.29, 0.717) is 0 Å². The number of hydrogen-bond donors (Lipinski definition) is 0. The number of hydrogen-bond acceptors (Lipinski definition) is 1. The molecule has 0 radical (unpaired) electrons. The van der Waals surface area contributed by atoms with E-state index in [1.165, 1.54) is 71.5 Å². The Morgan fingerprint density at radius 3 is 1.52 bits per heavy atom. The van der Waals surface area contributed by atoms with Crippen LogP contribution in [0, 0.1) is 0 Å². The molecule has 60 heavy (non-hydrogen) atoms. The van der Waals surface area contributed by atoms with E-state index in [1.807, 2.05) is 0 Å². The van der Waals surface area contributed by atoms with Gasteiger partial charge in [0.15, 0.2) is 0 Å². The van der Waals surface area contributed by atoms with E-state index in [2.05, 4.69) is 252 Å². The van der Waals surface area contributed by atoms with Crippen molar-refractivity contribution in [1.29, 1.82) is 0 Å². The first kappa shape index (κ1) is 35.2. The van der Waals surface area contributed by atoms with Crippen LogP contribution in [0.1, 0.15) is 0 Å². The summed E-state index contributed by atoms with van der Waals surface area (Å²) in [5.41, 5.74) is 16.3. The summed E-state index contributed by atoms with van der Waals surface area (Å²) in [7, 11) is 0. The number of benzene rings is 10. The Labute approximate surface area is 350 Å². The number of aromatic nitrogens is 1. The highest BCUT2D eigenvalue weighted by atomic mass is 15.1. The lowest BCUT2D eigenvalue weighted by Crippen LogP contribution is -2.12. The van der Waals surface area contributed by atoms with E-state index in [0.717, 1.165) is 28.3 Å². The van der Waals surface area contributed by atoms with E-state index in [4.69, 9.17) is 0 Å². The first-order valence-electron chi connectivity index (χ1n) is 20.6. The molecule has 0 aliphatic carbocycles. The minimum Gasteiger partial charge on any atom is -0.309 e. The Morgan fingerprint density at radius 2 is 0.800 bits per heavy atom. The molecule has 10 aromatic carbocycles. The zero-order valence-electron chi connectivity index (χ0n) is 33.0. The predicted octanol–water partition coefficient (Wildman–Crippen LogP) is 16.1. The average Bonchev–Trinajstić information content (AvgIpc) is 3.67. The molecule has 282 valence electrons. The number of fused-ring (bicyclic) bond motifs is 4. The molecule has 1 aromatic heterocycles. The summed E-state index contributed by atoms with van der Waals surface area (Å²) < 4.78 is 2.43. The van der Waals surface area contributed by atoms with Gasteiger partial charge in [-0.1, -0.05) is 194 Å². The highest BCUT2D eigenvalue weighted by molar-refractivity contribution is 6.17. The maximum Gasteiger partial charge on any atom is 0.0547 e. The minimum atomic E-state index is 1.08. The van der Waals surface area contributed by atoms with Crippen LogP contribution in [-0.2, 0) is 0 Å². The fourth-order valence-electron chi connectivity index (χ4n) is 8.96. The summed E-state index contributed by atoms with van der Waals surface area (Å²) in [6.07, 6.45) is 0. The molecule has 0 aliphatic rings. The molecule has 0 amide bonds. The first-order chi connectivity index (χ1) is 29.8. The van der Waals surface area contributed by atoms with Crippen LogP contribution in [0.15, 0.2) is 243 Å². The third kappa shape index (κ3) is 6.23. The van der Waals surface area contributed by atoms with Crippen molar-refractivity contribution in [2.75, 3.05) is 4.90 Å². The molecule has 11 aromatic rings. The standard InChI is InChI=1S/C58H40N2/c1-3-16-41(17-4-1)43-30-32-44(33-31-43)45-34-37-48(38-35-45)59(54-26-12-9-22-50(54)46-19-5-2-6-20-46)55-27-13-10-23-51(55)52-25-15-29-57-58(52)53-24-11-14-28-56(53)60(57)49-39-36-42-18-7-8-21-47(42)40-49/h1-40H. The number of nitrogens with zero attached hydrogens (tertiary/aromatic N) is 2. The van der Waals surface area contributed by atoms with Gasteiger partial charge in [-0.05, 0) is 92.7 Å². The minimum absolute atomic E-state index is 1.08. The van der Waals surface area contributed by atoms with Crippen LogP contribution in [0.3, 0.4) is 0 Å². The second kappa shape index (κ2) is 15.1. The van der Waals surface area contributed by atoms with E-state index in [9.17, 15) is 0 Å². The van der Waals surface area contributed by atoms with Gasteiger partial charge in [0.1, 0.15) is 0 Å². The molecule has 0 N–H and O–H groups in total. The van der Waals surface area contributed by atoms with Crippen LogP contribution >= 0.6 is 0 Å². The largest absolute Gasteiger partial charge is 0.309 e. The van der Waals surface area contributed by atoms with Crippen LogP contribution in [0.5, 0.6) is 0 Å². The lowest BCUT2D eigenvalue weighted by Gasteiger charge is -2.30. The van der Waals surface area contributed by atoms with Gasteiger partial charge < -0.3 is 9.47 Å². The second-order valence-electron chi connectivity index (χ2n) is 15.3. The molecule has 0 aliphatic heterocycles. The van der Waals surface area contributed by atoms with Gasteiger partial charge in [-0.25, -0.2) is 0 Å². The molecule has 2 nitrogen and oxygen atoms in total. The second-order valence-corrected chi connectivity index (χ2v) is 15.3. The SMILES string of the molecule is c1ccc(-c2ccc(-c3ccc(N(c4ccccc4-c4ccccc4)c4ccccc4-c4cccc5c4c4ccccc4n5-c4ccc5ccccc5c4)cc3)cc2)cc1. The molecule has 0 bridgehead atoms. The predicted molar refractivity (Wildman–Crippen MR) is 255 cm³/mol. The summed E-state index contributed by atoms with van der Waals surface area (Å²) in [5.74, 6) is 0. The molecule has 1 heterocycles. The van der Waals surface area contributed by atoms with E-state index < -0.39 is 0 Å². The van der Waals surface area contributed by atoms with Gasteiger partial charge in [0.05, 0.1) is 22.4 Å². The van der Waals surface area contributed by atoms with Gasteiger partial charge in [0, 0.05) is 33.3 Å². The molecule has 0 saturated carbocycles. The van der Waals surface area contributed by atoms with E-state index in [1.54, 1.807) is 0 Å². The number of anilines is 3. The Morgan fingerprint density at radius 1 is 0.300 bits per heavy atom. The van der Waals surface area contributed by atoms with Crippen LogP contribution in [0.2, 0.25) is 0 Å². The van der Waals surface area contributed by atoms with Crippen molar-refractivity contribution in [3.63, 3.8) is 0 Å². The summed E-state index contributed by atoms with van der Waals surface area (Å²) in [6.45, 7) is 0. The average molecular weight is 765 g/mol. The molecule has 2 heteroatoms. The third-order valence-corrected chi connectivity index (χ3v) is 11.8. The Balaban J connectivity index is 1.09. The van der Waals surface area contributed by atoms with Crippen molar-refractivity contribution >= 4 is 49.6 Å². The van der Waals surface area contributed by atoms with Crippen molar-refractivity contribution < 1.29 is 0 Å². The van der Waals surface area contributed by atoms with Gasteiger partial charge in [0.25, 0.3) is 0 Å². The Kier molecular flexibility index (Phi) is 8.87. The maximum absolute atomic E-state index is 2.45. The molecule has 11 rings (SSSR count). The molecule has 0 atom stereocenters. The van der Waals surface area contributed by atoms with Crippen LogP contribution in [0.25, 0.3) is 82.8 Å². The van der Waals surface area contributed by atoms with Gasteiger partial charge in [-0.3, -0.25) is 0 Å². The van der Waals surface area contributed by atoms with Gasteiger partial charge in [-0.2, -0.15) is 0 Å². The lowest BCUT2D eigenvalue weighted by molar-refractivity contribution is 1.19. The zero-order valence-corrected chi connectivity index (χ0v) is 33.0. The lowest BCUT2D eigenvalue weighted by atomic mass is 9.95. The third-order valence-electron chi connectivity index (χ3n) is 11.8. The quantitative estimate of drug-likeness (QED) is 0.150. The van der Waals surface area contributed by atoms with Crippen LogP contribution in [0.4, 0.5) is 17.1 Å². The van der Waals surface area contributed by atoms with Gasteiger partial charge in [0.2, 0.25) is 0 Å². The number of rotatable bonds is 8. The van der Waals surface area contributed by atoms with E-state index in [-0.39, 0.29) is 0 Å². The Bertz CT molecular complexity index is 3290. The molecule has 0 fully saturated rings.